The van der Waals surface area contributed by atoms with Crippen LogP contribution in [0.15, 0.2) is 48.1 Å². The Labute approximate surface area is 155 Å². The highest BCUT2D eigenvalue weighted by Crippen LogP contribution is 2.47. The molecule has 2 N–H and O–H groups in total. The van der Waals surface area contributed by atoms with Gasteiger partial charge in [-0.25, -0.2) is 15.0 Å². The lowest BCUT2D eigenvalue weighted by Gasteiger charge is -2.19. The highest BCUT2D eigenvalue weighted by molar-refractivity contribution is 6.03. The number of aliphatic hydroxyl groups is 1. The molecule has 4 atom stereocenters. The highest BCUT2D eigenvalue weighted by Gasteiger charge is 2.52. The maximum atomic E-state index is 10.0. The van der Waals surface area contributed by atoms with E-state index >= 15 is 0 Å². The first-order valence-corrected chi connectivity index (χ1v) is 9.07. The fraction of sp³-hybridized carbons (Fsp3) is 0.368. The number of benzene rings is 1. The van der Waals surface area contributed by atoms with Crippen LogP contribution in [-0.4, -0.2) is 50.1 Å². The molecule has 8 nitrogen and oxygen atoms in total. The van der Waals surface area contributed by atoms with Crippen molar-refractivity contribution in [1.29, 1.82) is 0 Å². The number of hydrogen-bond donors (Lipinski definition) is 2. The third-order valence-electron chi connectivity index (χ3n) is 5.63. The SMILES string of the molecule is CNc1ncnc2c1ncn2[C@@H]1C[C@H](CO)[C@H]2C(c3ccccc3)=NO[C@H]21. The van der Waals surface area contributed by atoms with E-state index < -0.39 is 0 Å². The van der Waals surface area contributed by atoms with Crippen LogP contribution in [-0.2, 0) is 4.84 Å². The first kappa shape index (κ1) is 16.2. The first-order valence-electron chi connectivity index (χ1n) is 9.07. The summed E-state index contributed by atoms with van der Waals surface area (Å²) < 4.78 is 2.04. The standard InChI is InChI=1S/C19H20N6O2/c1-20-18-16-19(22-9-21-18)25(10-23-16)13-7-12(8-26)14-15(24-27-17(13)14)11-5-3-2-4-6-11/h2-6,9-10,12-14,17,26H,7-8H2,1H3,(H,20,21,22)/t12-,13-,14+,17+/m1/s1. The predicted molar refractivity (Wildman–Crippen MR) is 100 cm³/mol. The van der Waals surface area contributed by atoms with Gasteiger partial charge in [-0.1, -0.05) is 35.5 Å². The molecular weight excluding hydrogens is 344 g/mol. The van der Waals surface area contributed by atoms with Gasteiger partial charge in [0.2, 0.25) is 0 Å². The number of rotatable bonds is 4. The summed E-state index contributed by atoms with van der Waals surface area (Å²) in [5, 5.41) is 17.5. The van der Waals surface area contributed by atoms with Crippen LogP contribution in [0.3, 0.4) is 0 Å². The number of aliphatic hydroxyl groups excluding tert-OH is 1. The second kappa shape index (κ2) is 6.31. The van der Waals surface area contributed by atoms with Crippen LogP contribution in [0, 0.1) is 11.8 Å². The van der Waals surface area contributed by atoms with E-state index in [2.05, 4.69) is 25.4 Å². The summed E-state index contributed by atoms with van der Waals surface area (Å²) in [5.41, 5.74) is 3.44. The summed E-state index contributed by atoms with van der Waals surface area (Å²) >= 11 is 0. The Balaban J connectivity index is 1.54. The van der Waals surface area contributed by atoms with Gasteiger partial charge in [-0.2, -0.15) is 0 Å². The van der Waals surface area contributed by atoms with Crippen molar-refractivity contribution in [3.8, 4) is 0 Å². The zero-order valence-corrected chi connectivity index (χ0v) is 14.9. The second-order valence-electron chi connectivity index (χ2n) is 6.98. The zero-order valence-electron chi connectivity index (χ0n) is 14.9. The van der Waals surface area contributed by atoms with Crippen molar-refractivity contribution in [2.75, 3.05) is 19.0 Å². The molecular formula is C19H20N6O2. The minimum absolute atomic E-state index is 0.00159. The Morgan fingerprint density at radius 2 is 2.07 bits per heavy atom. The maximum absolute atomic E-state index is 10.0. The minimum atomic E-state index is -0.150. The Kier molecular flexibility index (Phi) is 3.78. The van der Waals surface area contributed by atoms with Crippen molar-refractivity contribution in [2.45, 2.75) is 18.6 Å². The molecule has 8 heteroatoms. The van der Waals surface area contributed by atoms with Gasteiger partial charge in [-0.15, -0.1) is 0 Å². The van der Waals surface area contributed by atoms with Gasteiger partial charge >= 0.3 is 0 Å². The highest BCUT2D eigenvalue weighted by atomic mass is 16.6. The molecule has 1 saturated carbocycles. The summed E-state index contributed by atoms with van der Waals surface area (Å²) in [6.45, 7) is 0.0935. The Bertz CT molecular complexity index is 1000. The Hall–Kier alpha value is -3.00. The lowest BCUT2D eigenvalue weighted by molar-refractivity contribution is 0.0421. The van der Waals surface area contributed by atoms with Crippen LogP contribution >= 0.6 is 0 Å². The molecule has 3 heterocycles. The number of oxime groups is 1. The predicted octanol–water partition coefficient (Wildman–Crippen LogP) is 1.84. The average Bonchev–Trinajstić information content (AvgIpc) is 3.42. The third kappa shape index (κ3) is 2.40. The number of hydrogen-bond acceptors (Lipinski definition) is 7. The number of aromatic nitrogens is 4. The molecule has 0 radical (unpaired) electrons. The summed E-state index contributed by atoms with van der Waals surface area (Å²) in [5.74, 6) is 0.815. The molecule has 0 unspecified atom stereocenters. The van der Waals surface area contributed by atoms with Crippen molar-refractivity contribution >= 4 is 22.7 Å². The molecule has 5 rings (SSSR count). The van der Waals surface area contributed by atoms with Crippen LogP contribution in [0.25, 0.3) is 11.2 Å². The summed E-state index contributed by atoms with van der Waals surface area (Å²) in [6.07, 6.45) is 3.94. The van der Waals surface area contributed by atoms with E-state index in [-0.39, 0.29) is 30.6 Å². The van der Waals surface area contributed by atoms with Crippen LogP contribution < -0.4 is 5.32 Å². The third-order valence-corrected chi connectivity index (χ3v) is 5.63. The molecule has 1 aliphatic carbocycles. The number of imidazole rings is 1. The minimum Gasteiger partial charge on any atom is -0.396 e. The van der Waals surface area contributed by atoms with Gasteiger partial charge in [-0.3, -0.25) is 0 Å². The van der Waals surface area contributed by atoms with Crippen LogP contribution in [0.2, 0.25) is 0 Å². The van der Waals surface area contributed by atoms with Crippen LogP contribution in [0.1, 0.15) is 18.0 Å². The van der Waals surface area contributed by atoms with E-state index in [0.29, 0.717) is 5.82 Å². The van der Waals surface area contributed by atoms with E-state index in [0.717, 1.165) is 28.9 Å². The quantitative estimate of drug-likeness (QED) is 0.733. The van der Waals surface area contributed by atoms with Crippen molar-refractivity contribution in [3.05, 3.63) is 48.5 Å². The molecule has 27 heavy (non-hydrogen) atoms. The summed E-state index contributed by atoms with van der Waals surface area (Å²) in [6, 6.07) is 10.0. The molecule has 1 fully saturated rings. The van der Waals surface area contributed by atoms with Crippen molar-refractivity contribution in [3.63, 3.8) is 0 Å². The molecule has 1 aliphatic heterocycles. The number of nitrogens with one attached hydrogen (secondary N) is 1. The molecule has 0 bridgehead atoms. The topological polar surface area (TPSA) is 97.5 Å². The lowest BCUT2D eigenvalue weighted by atomic mass is 9.87. The fourth-order valence-electron chi connectivity index (χ4n) is 4.38. The number of anilines is 1. The number of fused-ring (bicyclic) bond motifs is 2. The van der Waals surface area contributed by atoms with Gasteiger partial charge in [0.05, 0.1) is 24.0 Å². The summed E-state index contributed by atoms with van der Waals surface area (Å²) in [4.78, 5) is 19.0. The van der Waals surface area contributed by atoms with Crippen LogP contribution in [0.5, 0.6) is 0 Å². The van der Waals surface area contributed by atoms with E-state index in [1.165, 1.54) is 6.33 Å². The Morgan fingerprint density at radius 3 is 2.85 bits per heavy atom. The van der Waals surface area contributed by atoms with E-state index in [1.807, 2.05) is 41.9 Å². The average molecular weight is 364 g/mol. The molecule has 138 valence electrons. The van der Waals surface area contributed by atoms with E-state index in [9.17, 15) is 5.11 Å². The normalized spacial score (nSPS) is 26.7. The van der Waals surface area contributed by atoms with Crippen LogP contribution in [0.4, 0.5) is 5.82 Å². The lowest BCUT2D eigenvalue weighted by Crippen LogP contribution is -2.28. The van der Waals surface area contributed by atoms with E-state index in [4.69, 9.17) is 4.84 Å². The zero-order chi connectivity index (χ0) is 18.4. The monoisotopic (exact) mass is 364 g/mol. The van der Waals surface area contributed by atoms with E-state index in [1.54, 1.807) is 6.33 Å². The smallest absolute Gasteiger partial charge is 0.165 e. The van der Waals surface area contributed by atoms with Gasteiger partial charge in [-0.05, 0) is 17.9 Å². The van der Waals surface area contributed by atoms with Gasteiger partial charge in [0.25, 0.3) is 0 Å². The molecule has 2 aliphatic rings. The molecule has 0 amide bonds. The molecule has 0 saturated heterocycles. The van der Waals surface area contributed by atoms with Crippen molar-refractivity contribution in [2.24, 2.45) is 17.0 Å². The second-order valence-corrected chi connectivity index (χ2v) is 6.98. The molecule has 1 aromatic carbocycles. The maximum Gasteiger partial charge on any atom is 0.165 e. The Morgan fingerprint density at radius 1 is 1.22 bits per heavy atom. The molecule has 3 aromatic rings. The fourth-order valence-corrected chi connectivity index (χ4v) is 4.38. The van der Waals surface area contributed by atoms with Gasteiger partial charge in [0, 0.05) is 13.7 Å². The van der Waals surface area contributed by atoms with Crippen molar-refractivity contribution in [1.82, 2.24) is 19.5 Å². The largest absolute Gasteiger partial charge is 0.396 e. The van der Waals surface area contributed by atoms with Gasteiger partial charge in [0.1, 0.15) is 11.8 Å². The van der Waals surface area contributed by atoms with Crippen molar-refractivity contribution < 1.29 is 9.94 Å². The molecule has 0 spiro atoms. The van der Waals surface area contributed by atoms with Gasteiger partial charge in [0.15, 0.2) is 17.6 Å². The first-order chi connectivity index (χ1) is 13.3. The van der Waals surface area contributed by atoms with Gasteiger partial charge < -0.3 is 19.8 Å². The molecule has 2 aromatic heterocycles. The summed E-state index contributed by atoms with van der Waals surface area (Å²) in [7, 11) is 1.81. The number of nitrogens with zero attached hydrogens (tertiary/aromatic N) is 5.